The van der Waals surface area contributed by atoms with Crippen LogP contribution in [0.5, 0.6) is 11.5 Å². The molecule has 1 aliphatic heterocycles. The summed E-state index contributed by atoms with van der Waals surface area (Å²) in [7, 11) is 0. The van der Waals surface area contributed by atoms with Crippen LogP contribution in [0.2, 0.25) is 0 Å². The van der Waals surface area contributed by atoms with Crippen LogP contribution in [0.15, 0.2) is 64.9 Å². The number of hydrogen-bond acceptors (Lipinski definition) is 5. The van der Waals surface area contributed by atoms with Crippen molar-refractivity contribution in [3.8, 4) is 11.5 Å². The molecule has 1 N–H and O–H groups in total. The second kappa shape index (κ2) is 8.06. The fourth-order valence-corrected chi connectivity index (χ4v) is 4.69. The molecule has 27 heavy (non-hydrogen) atoms. The molecule has 0 aliphatic carbocycles. The highest BCUT2D eigenvalue weighted by Crippen LogP contribution is 2.34. The third-order valence-corrected chi connectivity index (χ3v) is 6.51. The maximum Gasteiger partial charge on any atom is 0.252 e. The third-order valence-electron chi connectivity index (χ3n) is 4.33. The number of amides is 1. The molecule has 0 spiro atoms. The highest BCUT2D eigenvalue weighted by molar-refractivity contribution is 7.98. The quantitative estimate of drug-likeness (QED) is 0.577. The molecule has 2 aromatic carbocycles. The van der Waals surface area contributed by atoms with E-state index in [1.54, 1.807) is 23.1 Å². The molecule has 1 unspecified atom stereocenters. The van der Waals surface area contributed by atoms with Gasteiger partial charge < -0.3 is 14.8 Å². The fraction of sp³-hybridized carbons (Fsp3) is 0.190. The van der Waals surface area contributed by atoms with Gasteiger partial charge in [-0.3, -0.25) is 4.79 Å². The van der Waals surface area contributed by atoms with Crippen molar-refractivity contribution in [2.45, 2.75) is 23.6 Å². The number of nitrogens with one attached hydrogen (secondary N) is 1. The lowest BCUT2D eigenvalue weighted by Crippen LogP contribution is -2.27. The van der Waals surface area contributed by atoms with E-state index < -0.39 is 0 Å². The van der Waals surface area contributed by atoms with Crippen molar-refractivity contribution in [3.05, 3.63) is 76.0 Å². The number of fused-ring (bicyclic) bond motifs is 1. The highest BCUT2D eigenvalue weighted by Gasteiger charge is 2.18. The smallest absolute Gasteiger partial charge is 0.252 e. The summed E-state index contributed by atoms with van der Waals surface area (Å²) in [6, 6.07) is 17.5. The van der Waals surface area contributed by atoms with Crippen LogP contribution >= 0.6 is 23.1 Å². The Balaban J connectivity index is 1.46. The highest BCUT2D eigenvalue weighted by atomic mass is 32.2. The molecule has 1 aliphatic rings. The van der Waals surface area contributed by atoms with Crippen molar-refractivity contribution in [2.75, 3.05) is 6.79 Å². The van der Waals surface area contributed by atoms with Crippen molar-refractivity contribution in [3.63, 3.8) is 0 Å². The lowest BCUT2D eigenvalue weighted by Gasteiger charge is -2.16. The van der Waals surface area contributed by atoms with E-state index >= 15 is 0 Å². The molecule has 1 amide bonds. The van der Waals surface area contributed by atoms with E-state index in [9.17, 15) is 4.79 Å². The minimum Gasteiger partial charge on any atom is -0.454 e. The van der Waals surface area contributed by atoms with Crippen molar-refractivity contribution >= 4 is 29.0 Å². The van der Waals surface area contributed by atoms with Gasteiger partial charge in [0.2, 0.25) is 6.79 Å². The third kappa shape index (κ3) is 4.12. The van der Waals surface area contributed by atoms with Gasteiger partial charge in [-0.25, -0.2) is 0 Å². The van der Waals surface area contributed by atoms with E-state index in [1.165, 1.54) is 4.88 Å². The maximum absolute atomic E-state index is 12.9. The van der Waals surface area contributed by atoms with Crippen LogP contribution in [0.25, 0.3) is 0 Å². The summed E-state index contributed by atoms with van der Waals surface area (Å²) in [6.07, 6.45) is 0. The molecule has 1 atom stereocenters. The summed E-state index contributed by atoms with van der Waals surface area (Å²) < 4.78 is 10.8. The van der Waals surface area contributed by atoms with Gasteiger partial charge in [0.05, 0.1) is 11.6 Å². The summed E-state index contributed by atoms with van der Waals surface area (Å²) in [5, 5.41) is 5.16. The van der Waals surface area contributed by atoms with Crippen molar-refractivity contribution in [2.24, 2.45) is 0 Å². The van der Waals surface area contributed by atoms with Crippen LogP contribution in [-0.4, -0.2) is 12.7 Å². The molecule has 6 heteroatoms. The molecule has 4 nitrogen and oxygen atoms in total. The Morgan fingerprint density at radius 3 is 2.85 bits per heavy atom. The first kappa shape index (κ1) is 17.9. The van der Waals surface area contributed by atoms with E-state index in [1.807, 2.05) is 55.5 Å². The predicted octanol–water partition coefficient (Wildman–Crippen LogP) is 5.26. The van der Waals surface area contributed by atoms with E-state index in [-0.39, 0.29) is 18.7 Å². The Labute approximate surface area is 166 Å². The Hall–Kier alpha value is -2.44. The Morgan fingerprint density at radius 2 is 2.00 bits per heavy atom. The van der Waals surface area contributed by atoms with Gasteiger partial charge in [0.25, 0.3) is 5.91 Å². The SMILES string of the molecule is CC(NC(=O)c1ccccc1SCc1cccs1)c1ccc2c(c1)OCO2. The molecule has 4 rings (SSSR count). The summed E-state index contributed by atoms with van der Waals surface area (Å²) in [4.78, 5) is 15.1. The van der Waals surface area contributed by atoms with Crippen molar-refractivity contribution in [1.82, 2.24) is 5.32 Å². The van der Waals surface area contributed by atoms with Crippen molar-refractivity contribution in [1.29, 1.82) is 0 Å². The summed E-state index contributed by atoms with van der Waals surface area (Å²) >= 11 is 3.42. The van der Waals surface area contributed by atoms with Crippen LogP contribution in [0.4, 0.5) is 0 Å². The van der Waals surface area contributed by atoms with Gasteiger partial charge in [-0.15, -0.1) is 23.1 Å². The number of thiophene rings is 1. The first-order valence-corrected chi connectivity index (χ1v) is 10.5. The molecule has 0 saturated carbocycles. The second-order valence-electron chi connectivity index (χ2n) is 6.17. The Bertz CT molecular complexity index is 940. The fourth-order valence-electron chi connectivity index (χ4n) is 2.86. The zero-order valence-electron chi connectivity index (χ0n) is 14.8. The number of thioether (sulfide) groups is 1. The monoisotopic (exact) mass is 397 g/mol. The molecular formula is C21H19NO3S2. The number of hydrogen-bond donors (Lipinski definition) is 1. The number of rotatable bonds is 6. The van der Waals surface area contributed by atoms with Gasteiger partial charge in [-0.05, 0) is 48.2 Å². The standard InChI is InChI=1S/C21H19NO3S2/c1-14(15-8-9-18-19(11-15)25-13-24-18)22-21(23)17-6-2-3-7-20(17)27-12-16-5-4-10-26-16/h2-11,14H,12-13H2,1H3,(H,22,23). The molecule has 138 valence electrons. The van der Waals surface area contributed by atoms with Crippen LogP contribution in [-0.2, 0) is 5.75 Å². The van der Waals surface area contributed by atoms with Crippen LogP contribution in [0, 0.1) is 0 Å². The van der Waals surface area contributed by atoms with E-state index in [4.69, 9.17) is 9.47 Å². The molecule has 0 bridgehead atoms. The van der Waals surface area contributed by atoms with Gasteiger partial charge in [0.15, 0.2) is 11.5 Å². The number of carbonyl (C=O) groups is 1. The molecule has 0 fully saturated rings. The first-order chi connectivity index (χ1) is 13.2. The van der Waals surface area contributed by atoms with E-state index in [2.05, 4.69) is 16.8 Å². The topological polar surface area (TPSA) is 47.6 Å². The van der Waals surface area contributed by atoms with Gasteiger partial charge in [0.1, 0.15) is 0 Å². The molecule has 0 radical (unpaired) electrons. The normalized spacial score (nSPS) is 13.4. The number of benzene rings is 2. The lowest BCUT2D eigenvalue weighted by molar-refractivity contribution is 0.0937. The van der Waals surface area contributed by atoms with Crippen LogP contribution in [0.3, 0.4) is 0 Å². The number of ether oxygens (including phenoxy) is 2. The van der Waals surface area contributed by atoms with E-state index in [0.29, 0.717) is 5.56 Å². The summed E-state index contributed by atoms with van der Waals surface area (Å²) in [5.74, 6) is 2.25. The maximum atomic E-state index is 12.9. The summed E-state index contributed by atoms with van der Waals surface area (Å²) in [5.41, 5.74) is 1.68. The second-order valence-corrected chi connectivity index (χ2v) is 8.22. The molecule has 0 saturated heterocycles. The van der Waals surface area contributed by atoms with Gasteiger partial charge >= 0.3 is 0 Å². The van der Waals surface area contributed by atoms with Gasteiger partial charge in [-0.2, -0.15) is 0 Å². The van der Waals surface area contributed by atoms with E-state index in [0.717, 1.165) is 27.7 Å². The average molecular weight is 398 g/mol. The lowest BCUT2D eigenvalue weighted by atomic mass is 10.1. The minimum absolute atomic E-state index is 0.0746. The van der Waals surface area contributed by atoms with Gasteiger partial charge in [0, 0.05) is 15.5 Å². The average Bonchev–Trinajstić information content (AvgIpc) is 3.37. The number of carbonyl (C=O) groups excluding carboxylic acids is 1. The summed E-state index contributed by atoms with van der Waals surface area (Å²) in [6.45, 7) is 2.21. The van der Waals surface area contributed by atoms with Crippen LogP contribution < -0.4 is 14.8 Å². The molecular weight excluding hydrogens is 378 g/mol. The zero-order chi connectivity index (χ0) is 18.6. The predicted molar refractivity (Wildman–Crippen MR) is 109 cm³/mol. The molecule has 3 aromatic rings. The Kier molecular flexibility index (Phi) is 5.36. The largest absolute Gasteiger partial charge is 0.454 e. The van der Waals surface area contributed by atoms with Crippen LogP contribution in [0.1, 0.15) is 33.8 Å². The molecule has 2 heterocycles. The zero-order valence-corrected chi connectivity index (χ0v) is 16.4. The minimum atomic E-state index is -0.137. The van der Waals surface area contributed by atoms with Crippen molar-refractivity contribution < 1.29 is 14.3 Å². The van der Waals surface area contributed by atoms with Gasteiger partial charge in [-0.1, -0.05) is 24.3 Å². The first-order valence-electron chi connectivity index (χ1n) is 8.65. The Morgan fingerprint density at radius 1 is 1.15 bits per heavy atom. The molecule has 1 aromatic heterocycles.